The van der Waals surface area contributed by atoms with E-state index >= 15 is 0 Å². The van der Waals surface area contributed by atoms with Crippen molar-refractivity contribution in [1.29, 1.82) is 5.26 Å². The van der Waals surface area contributed by atoms with Gasteiger partial charge in [0.05, 0.1) is 12.2 Å². The van der Waals surface area contributed by atoms with Crippen molar-refractivity contribution < 1.29 is 4.74 Å². The molecule has 2 heteroatoms. The lowest BCUT2D eigenvalue weighted by Gasteiger charge is -2.10. The Morgan fingerprint density at radius 3 is 2.71 bits per heavy atom. The fourth-order valence-corrected chi connectivity index (χ4v) is 1.11. The highest BCUT2D eigenvalue weighted by Gasteiger charge is 2.03. The van der Waals surface area contributed by atoms with Gasteiger partial charge in [0, 0.05) is 0 Å². The van der Waals surface area contributed by atoms with Gasteiger partial charge in [0.1, 0.15) is 11.8 Å². The number of hydrogen-bond acceptors (Lipinski definition) is 2. The summed E-state index contributed by atoms with van der Waals surface area (Å²) in [4.78, 5) is 0. The maximum absolute atomic E-state index is 8.88. The number of ether oxygens (including phenoxy) is 1. The molecule has 0 N–H and O–H groups in total. The summed E-state index contributed by atoms with van der Waals surface area (Å²) in [5, 5.41) is 8.88. The molecule has 1 rings (SSSR count). The van der Waals surface area contributed by atoms with Crippen molar-refractivity contribution in [2.45, 2.75) is 20.8 Å². The molecule has 1 aromatic rings. The first-order valence-electron chi connectivity index (χ1n) is 4.77. The quantitative estimate of drug-likeness (QED) is 0.732. The van der Waals surface area contributed by atoms with Crippen LogP contribution in [0.15, 0.2) is 18.2 Å². The summed E-state index contributed by atoms with van der Waals surface area (Å²) in [5.41, 5.74) is 1.70. The molecule has 1 aromatic carbocycles. The minimum atomic E-state index is 0.475. The predicted octanol–water partition coefficient (Wildman–Crippen LogP) is 2.90. The molecule has 0 fully saturated rings. The molecule has 0 saturated heterocycles. The van der Waals surface area contributed by atoms with E-state index in [2.05, 4.69) is 19.9 Å². The van der Waals surface area contributed by atoms with Crippen molar-refractivity contribution in [3.05, 3.63) is 29.3 Å². The molecule has 74 valence electrons. The van der Waals surface area contributed by atoms with Crippen LogP contribution in [0, 0.1) is 24.2 Å². The number of nitrogens with zero attached hydrogens (tertiary/aromatic N) is 1. The van der Waals surface area contributed by atoms with E-state index in [0.29, 0.717) is 23.8 Å². The molecule has 0 atom stereocenters. The SMILES string of the molecule is Cc1ccc(OCC(C)C)c(C#N)c1. The second-order valence-corrected chi connectivity index (χ2v) is 3.82. The molecular weight excluding hydrogens is 174 g/mol. The summed E-state index contributed by atoms with van der Waals surface area (Å²) in [7, 11) is 0. The second-order valence-electron chi connectivity index (χ2n) is 3.82. The van der Waals surface area contributed by atoms with Crippen molar-refractivity contribution in [2.24, 2.45) is 5.92 Å². The first-order chi connectivity index (χ1) is 6.63. The van der Waals surface area contributed by atoms with E-state index in [1.807, 2.05) is 25.1 Å². The summed E-state index contributed by atoms with van der Waals surface area (Å²) in [5.74, 6) is 1.16. The van der Waals surface area contributed by atoms with Crippen molar-refractivity contribution in [1.82, 2.24) is 0 Å². The van der Waals surface area contributed by atoms with E-state index in [-0.39, 0.29) is 0 Å². The van der Waals surface area contributed by atoms with E-state index in [9.17, 15) is 0 Å². The zero-order chi connectivity index (χ0) is 10.6. The largest absolute Gasteiger partial charge is 0.492 e. The van der Waals surface area contributed by atoms with Crippen LogP contribution in [0.3, 0.4) is 0 Å². The monoisotopic (exact) mass is 189 g/mol. The predicted molar refractivity (Wildman–Crippen MR) is 56.2 cm³/mol. The smallest absolute Gasteiger partial charge is 0.137 e. The highest BCUT2D eigenvalue weighted by atomic mass is 16.5. The lowest BCUT2D eigenvalue weighted by Crippen LogP contribution is -2.05. The Bertz CT molecular complexity index is 350. The fraction of sp³-hybridized carbons (Fsp3) is 0.417. The maximum Gasteiger partial charge on any atom is 0.137 e. The molecule has 0 spiro atoms. The van der Waals surface area contributed by atoms with Gasteiger partial charge in [0.2, 0.25) is 0 Å². The second kappa shape index (κ2) is 4.66. The summed E-state index contributed by atoms with van der Waals surface area (Å²) in [6, 6.07) is 7.79. The van der Waals surface area contributed by atoms with Crippen LogP contribution in [0.1, 0.15) is 25.0 Å². The molecule has 0 aliphatic heterocycles. The highest BCUT2D eigenvalue weighted by molar-refractivity contribution is 5.45. The summed E-state index contributed by atoms with van der Waals surface area (Å²) < 4.78 is 5.52. The van der Waals surface area contributed by atoms with Crippen LogP contribution in [0.25, 0.3) is 0 Å². The first kappa shape index (κ1) is 10.6. The van der Waals surface area contributed by atoms with Crippen LogP contribution < -0.4 is 4.74 Å². The van der Waals surface area contributed by atoms with Crippen LogP contribution in [0.4, 0.5) is 0 Å². The van der Waals surface area contributed by atoms with Gasteiger partial charge >= 0.3 is 0 Å². The first-order valence-corrected chi connectivity index (χ1v) is 4.77. The third kappa shape index (κ3) is 2.77. The van der Waals surface area contributed by atoms with Gasteiger partial charge in [0.25, 0.3) is 0 Å². The molecular formula is C12H15NO. The average molecular weight is 189 g/mol. The van der Waals surface area contributed by atoms with E-state index in [1.165, 1.54) is 0 Å². The van der Waals surface area contributed by atoms with E-state index in [4.69, 9.17) is 10.00 Å². The molecule has 0 aromatic heterocycles. The van der Waals surface area contributed by atoms with Gasteiger partial charge in [-0.25, -0.2) is 0 Å². The van der Waals surface area contributed by atoms with Gasteiger partial charge in [-0.2, -0.15) is 5.26 Å². The average Bonchev–Trinajstić information content (AvgIpc) is 2.15. The lowest BCUT2D eigenvalue weighted by molar-refractivity contribution is 0.270. The Hall–Kier alpha value is -1.49. The molecule has 0 aliphatic rings. The molecule has 14 heavy (non-hydrogen) atoms. The van der Waals surface area contributed by atoms with Gasteiger partial charge in [-0.1, -0.05) is 19.9 Å². The molecule has 0 heterocycles. The van der Waals surface area contributed by atoms with E-state index in [1.54, 1.807) is 0 Å². The fourth-order valence-electron chi connectivity index (χ4n) is 1.11. The third-order valence-electron chi connectivity index (χ3n) is 1.83. The summed E-state index contributed by atoms with van der Waals surface area (Å²) >= 11 is 0. The van der Waals surface area contributed by atoms with Crippen LogP contribution >= 0.6 is 0 Å². The third-order valence-corrected chi connectivity index (χ3v) is 1.83. The van der Waals surface area contributed by atoms with Crippen molar-refractivity contribution in [3.63, 3.8) is 0 Å². The Balaban J connectivity index is 2.82. The zero-order valence-corrected chi connectivity index (χ0v) is 8.87. The number of hydrogen-bond donors (Lipinski definition) is 0. The van der Waals surface area contributed by atoms with Crippen LogP contribution in [-0.4, -0.2) is 6.61 Å². The van der Waals surface area contributed by atoms with Gasteiger partial charge < -0.3 is 4.74 Å². The minimum absolute atomic E-state index is 0.475. The minimum Gasteiger partial charge on any atom is -0.492 e. The normalized spacial score (nSPS) is 9.93. The molecule has 2 nitrogen and oxygen atoms in total. The summed E-state index contributed by atoms with van der Waals surface area (Å²) in [6.45, 7) is 6.78. The van der Waals surface area contributed by atoms with Gasteiger partial charge in [-0.15, -0.1) is 0 Å². The topological polar surface area (TPSA) is 33.0 Å². The van der Waals surface area contributed by atoms with Crippen LogP contribution in [0.5, 0.6) is 5.75 Å². The zero-order valence-electron chi connectivity index (χ0n) is 8.87. The lowest BCUT2D eigenvalue weighted by atomic mass is 10.1. The van der Waals surface area contributed by atoms with Crippen molar-refractivity contribution in [2.75, 3.05) is 6.61 Å². The van der Waals surface area contributed by atoms with Crippen LogP contribution in [-0.2, 0) is 0 Å². The standard InChI is InChI=1S/C12H15NO/c1-9(2)8-14-12-5-4-10(3)6-11(12)7-13/h4-6,9H,8H2,1-3H3. The van der Waals surface area contributed by atoms with Gasteiger partial charge in [-0.05, 0) is 30.5 Å². The van der Waals surface area contributed by atoms with E-state index < -0.39 is 0 Å². The van der Waals surface area contributed by atoms with Gasteiger partial charge in [0.15, 0.2) is 0 Å². The van der Waals surface area contributed by atoms with Crippen molar-refractivity contribution >= 4 is 0 Å². The Labute approximate surface area is 85.1 Å². The molecule has 0 saturated carbocycles. The number of nitriles is 1. The Morgan fingerprint density at radius 2 is 2.14 bits per heavy atom. The van der Waals surface area contributed by atoms with E-state index in [0.717, 1.165) is 5.56 Å². The number of aryl methyl sites for hydroxylation is 1. The molecule has 0 amide bonds. The molecule has 0 bridgehead atoms. The van der Waals surface area contributed by atoms with Gasteiger partial charge in [-0.3, -0.25) is 0 Å². The highest BCUT2D eigenvalue weighted by Crippen LogP contribution is 2.19. The Kier molecular flexibility index (Phi) is 3.53. The summed E-state index contributed by atoms with van der Waals surface area (Å²) in [6.07, 6.45) is 0. The molecule has 0 radical (unpaired) electrons. The maximum atomic E-state index is 8.88. The molecule has 0 unspecified atom stereocenters. The Morgan fingerprint density at radius 1 is 1.43 bits per heavy atom. The number of benzene rings is 1. The van der Waals surface area contributed by atoms with Crippen molar-refractivity contribution in [3.8, 4) is 11.8 Å². The molecule has 0 aliphatic carbocycles. The number of rotatable bonds is 3. The van der Waals surface area contributed by atoms with Crippen LogP contribution in [0.2, 0.25) is 0 Å².